The third-order valence-corrected chi connectivity index (χ3v) is 4.41. The molecule has 1 aromatic rings. The van der Waals surface area contributed by atoms with Crippen molar-refractivity contribution in [2.45, 2.75) is 39.0 Å². The van der Waals surface area contributed by atoms with Crippen LogP contribution in [0.2, 0.25) is 0 Å². The van der Waals surface area contributed by atoms with Crippen molar-refractivity contribution in [1.29, 1.82) is 0 Å². The van der Waals surface area contributed by atoms with E-state index in [4.69, 9.17) is 4.74 Å². The Labute approximate surface area is 142 Å². The normalized spacial score (nSPS) is 20.5. The topological polar surface area (TPSA) is 75.6 Å². The molecule has 5 nitrogen and oxygen atoms in total. The van der Waals surface area contributed by atoms with E-state index < -0.39 is 17.8 Å². The van der Waals surface area contributed by atoms with Crippen molar-refractivity contribution in [3.05, 3.63) is 35.9 Å². The van der Waals surface area contributed by atoms with Gasteiger partial charge in [-0.1, -0.05) is 39.0 Å². The summed E-state index contributed by atoms with van der Waals surface area (Å²) in [6.45, 7) is 6.27. The van der Waals surface area contributed by atoms with Gasteiger partial charge in [0.25, 0.3) is 0 Å². The number of rotatable bonds is 4. The molecule has 1 amide bonds. The Morgan fingerprint density at radius 3 is 2.33 bits per heavy atom. The fraction of sp³-hybridized carbons (Fsp3) is 0.474. The molecule has 0 aliphatic heterocycles. The van der Waals surface area contributed by atoms with E-state index in [1.807, 2.05) is 30.4 Å². The lowest BCUT2D eigenvalue weighted by Crippen LogP contribution is -2.34. The van der Waals surface area contributed by atoms with Gasteiger partial charge in [0, 0.05) is 0 Å². The summed E-state index contributed by atoms with van der Waals surface area (Å²) in [6.07, 6.45) is 4.51. The zero-order valence-electron chi connectivity index (χ0n) is 14.6. The first-order valence-corrected chi connectivity index (χ1v) is 8.11. The number of carboxylic acids is 1. The van der Waals surface area contributed by atoms with Crippen molar-refractivity contribution >= 4 is 17.6 Å². The predicted molar refractivity (Wildman–Crippen MR) is 93.3 cm³/mol. The molecule has 130 valence electrons. The van der Waals surface area contributed by atoms with Gasteiger partial charge in [-0.2, -0.15) is 0 Å². The van der Waals surface area contributed by atoms with Crippen LogP contribution >= 0.6 is 0 Å². The highest BCUT2D eigenvalue weighted by molar-refractivity contribution is 5.96. The third kappa shape index (κ3) is 3.96. The van der Waals surface area contributed by atoms with Crippen molar-refractivity contribution in [2.24, 2.45) is 11.8 Å². The molecule has 1 aromatic carbocycles. The van der Waals surface area contributed by atoms with Crippen LogP contribution in [0.1, 0.15) is 39.2 Å². The van der Waals surface area contributed by atoms with Crippen LogP contribution in [-0.2, 0) is 15.0 Å². The quantitative estimate of drug-likeness (QED) is 0.827. The lowest BCUT2D eigenvalue weighted by Gasteiger charge is -2.25. The number of carbonyl (C=O) groups excluding carboxylic acids is 1. The number of anilines is 1. The summed E-state index contributed by atoms with van der Waals surface area (Å²) in [5.41, 5.74) is 1.58. The van der Waals surface area contributed by atoms with Crippen molar-refractivity contribution in [3.63, 3.8) is 0 Å². The zero-order valence-corrected chi connectivity index (χ0v) is 14.6. The number of hydrogen-bond acceptors (Lipinski definition) is 3. The van der Waals surface area contributed by atoms with Crippen LogP contribution in [0.25, 0.3) is 0 Å². The molecule has 0 radical (unpaired) electrons. The van der Waals surface area contributed by atoms with Gasteiger partial charge in [-0.05, 0) is 36.0 Å². The van der Waals surface area contributed by atoms with E-state index in [1.165, 1.54) is 0 Å². The molecule has 1 aliphatic carbocycles. The molecule has 2 atom stereocenters. The standard InChI is InChI=1S/C19H25NO4/c1-19(2,3)12-9-10-16(24-4)15(11-12)20-17(21)13-7-5-6-8-14(13)18(22)23/h5-6,9-11,13-14H,7-8H2,1-4H3,(H,20,21)(H,22,23)/t13-,14-/m0/s1. The van der Waals surface area contributed by atoms with Crippen LogP contribution in [0.15, 0.2) is 30.4 Å². The SMILES string of the molecule is COc1ccc(C(C)(C)C)cc1NC(=O)[C@H]1CC=CC[C@@H]1C(=O)O. The molecule has 5 heteroatoms. The van der Waals surface area contributed by atoms with Crippen LogP contribution in [0, 0.1) is 11.8 Å². The predicted octanol–water partition coefficient (Wildman–Crippen LogP) is 3.60. The number of nitrogens with one attached hydrogen (secondary N) is 1. The van der Waals surface area contributed by atoms with Crippen molar-refractivity contribution < 1.29 is 19.4 Å². The van der Waals surface area contributed by atoms with E-state index in [9.17, 15) is 14.7 Å². The molecule has 0 fully saturated rings. The Morgan fingerprint density at radius 1 is 1.17 bits per heavy atom. The van der Waals surface area contributed by atoms with Crippen LogP contribution in [0.5, 0.6) is 5.75 Å². The Balaban J connectivity index is 2.27. The number of aliphatic carboxylic acids is 1. The van der Waals surface area contributed by atoms with Crippen molar-refractivity contribution in [1.82, 2.24) is 0 Å². The summed E-state index contributed by atoms with van der Waals surface area (Å²) in [4.78, 5) is 24.0. The highest BCUT2D eigenvalue weighted by Crippen LogP contribution is 2.33. The minimum Gasteiger partial charge on any atom is -0.495 e. The smallest absolute Gasteiger partial charge is 0.307 e. The molecule has 0 saturated heterocycles. The lowest BCUT2D eigenvalue weighted by molar-refractivity contribution is -0.146. The maximum Gasteiger partial charge on any atom is 0.307 e. The Bertz CT molecular complexity index is 658. The monoisotopic (exact) mass is 331 g/mol. The van der Waals surface area contributed by atoms with Gasteiger partial charge < -0.3 is 15.2 Å². The number of amides is 1. The van der Waals surface area contributed by atoms with Gasteiger partial charge in [0.15, 0.2) is 0 Å². The first-order valence-electron chi connectivity index (χ1n) is 8.11. The number of allylic oxidation sites excluding steroid dienone is 2. The van der Waals surface area contributed by atoms with Gasteiger partial charge in [-0.25, -0.2) is 0 Å². The van der Waals surface area contributed by atoms with Gasteiger partial charge in [-0.3, -0.25) is 9.59 Å². The van der Waals surface area contributed by atoms with E-state index in [1.54, 1.807) is 7.11 Å². The van der Waals surface area contributed by atoms with E-state index in [2.05, 4.69) is 26.1 Å². The average molecular weight is 331 g/mol. The van der Waals surface area contributed by atoms with Gasteiger partial charge in [0.05, 0.1) is 24.6 Å². The second-order valence-corrected chi connectivity index (χ2v) is 7.15. The summed E-state index contributed by atoms with van der Waals surface area (Å²) >= 11 is 0. The minimum atomic E-state index is -0.935. The highest BCUT2D eigenvalue weighted by Gasteiger charge is 2.34. The second-order valence-electron chi connectivity index (χ2n) is 7.15. The summed E-state index contributed by atoms with van der Waals surface area (Å²) < 4.78 is 5.33. The molecular formula is C19H25NO4. The number of methoxy groups -OCH3 is 1. The number of carbonyl (C=O) groups is 2. The van der Waals surface area contributed by atoms with Crippen molar-refractivity contribution in [3.8, 4) is 5.75 Å². The van der Waals surface area contributed by atoms with Gasteiger partial charge in [-0.15, -0.1) is 0 Å². The van der Waals surface area contributed by atoms with Gasteiger partial charge in [0.1, 0.15) is 5.75 Å². The second kappa shape index (κ2) is 7.07. The van der Waals surface area contributed by atoms with Crippen LogP contribution in [0.4, 0.5) is 5.69 Å². The first kappa shape index (κ1) is 18.0. The van der Waals surface area contributed by atoms with Crippen LogP contribution in [0.3, 0.4) is 0 Å². The minimum absolute atomic E-state index is 0.0665. The molecule has 0 aromatic heterocycles. The van der Waals surface area contributed by atoms with Crippen LogP contribution < -0.4 is 10.1 Å². The van der Waals surface area contributed by atoms with Crippen LogP contribution in [-0.4, -0.2) is 24.1 Å². The summed E-state index contributed by atoms with van der Waals surface area (Å²) in [5.74, 6) is -1.91. The average Bonchev–Trinajstić information content (AvgIpc) is 2.53. The Morgan fingerprint density at radius 2 is 1.79 bits per heavy atom. The summed E-state index contributed by atoms with van der Waals surface area (Å²) in [5, 5.41) is 12.2. The largest absolute Gasteiger partial charge is 0.495 e. The molecule has 0 spiro atoms. The van der Waals surface area contributed by atoms with E-state index in [0.717, 1.165) is 5.56 Å². The maximum atomic E-state index is 12.6. The van der Waals surface area contributed by atoms with Crippen molar-refractivity contribution in [2.75, 3.05) is 12.4 Å². The highest BCUT2D eigenvalue weighted by atomic mass is 16.5. The summed E-state index contributed by atoms with van der Waals surface area (Å²) in [6, 6.07) is 5.69. The van der Waals surface area contributed by atoms with E-state index in [0.29, 0.717) is 24.3 Å². The first-order chi connectivity index (χ1) is 11.2. The molecule has 2 rings (SSSR count). The number of hydrogen-bond donors (Lipinski definition) is 2. The molecule has 0 bridgehead atoms. The molecular weight excluding hydrogens is 306 g/mol. The Kier molecular flexibility index (Phi) is 5.32. The summed E-state index contributed by atoms with van der Waals surface area (Å²) in [7, 11) is 1.55. The molecule has 24 heavy (non-hydrogen) atoms. The molecule has 0 unspecified atom stereocenters. The van der Waals surface area contributed by atoms with Gasteiger partial charge >= 0.3 is 5.97 Å². The number of benzene rings is 1. The van der Waals surface area contributed by atoms with E-state index >= 15 is 0 Å². The fourth-order valence-electron chi connectivity index (χ4n) is 2.87. The molecule has 0 saturated carbocycles. The molecule has 1 aliphatic rings. The lowest BCUT2D eigenvalue weighted by atomic mass is 9.82. The Hall–Kier alpha value is -2.30. The third-order valence-electron chi connectivity index (χ3n) is 4.41. The zero-order chi connectivity index (χ0) is 17.9. The fourth-order valence-corrected chi connectivity index (χ4v) is 2.87. The molecule has 0 heterocycles. The molecule has 2 N–H and O–H groups in total. The van der Waals surface area contributed by atoms with E-state index in [-0.39, 0.29) is 11.3 Å². The van der Waals surface area contributed by atoms with Gasteiger partial charge in [0.2, 0.25) is 5.91 Å². The number of ether oxygens (including phenoxy) is 1. The maximum absolute atomic E-state index is 12.6. The number of carboxylic acid groups (broad SMARTS) is 1.